The van der Waals surface area contributed by atoms with E-state index in [1.165, 1.54) is 36.0 Å². The lowest BCUT2D eigenvalue weighted by Gasteiger charge is -2.19. The Morgan fingerprint density at radius 3 is 2.81 bits per heavy atom. The molecular formula is C15H25N. The molecule has 1 aliphatic rings. The van der Waals surface area contributed by atoms with E-state index in [0.29, 0.717) is 0 Å². The molecule has 1 heteroatoms. The second-order valence-corrected chi connectivity index (χ2v) is 4.97. The summed E-state index contributed by atoms with van der Waals surface area (Å²) >= 11 is 0. The first-order valence-electron chi connectivity index (χ1n) is 6.36. The molecule has 0 bridgehead atoms. The molecule has 0 saturated carbocycles. The van der Waals surface area contributed by atoms with Crippen LogP contribution in [0.1, 0.15) is 46.0 Å². The van der Waals surface area contributed by atoms with Crippen LogP contribution in [-0.4, -0.2) is 6.54 Å². The third-order valence-corrected chi connectivity index (χ3v) is 3.38. The minimum atomic E-state index is 0.762. The third-order valence-electron chi connectivity index (χ3n) is 3.38. The van der Waals surface area contributed by atoms with Gasteiger partial charge in [-0.05, 0) is 57.6 Å². The van der Waals surface area contributed by atoms with Gasteiger partial charge in [-0.3, -0.25) is 0 Å². The highest BCUT2D eigenvalue weighted by Gasteiger charge is 2.12. The van der Waals surface area contributed by atoms with Crippen molar-refractivity contribution in [1.82, 2.24) is 0 Å². The fraction of sp³-hybridized carbons (Fsp3) is 0.600. The molecule has 1 nitrogen and oxygen atoms in total. The van der Waals surface area contributed by atoms with Gasteiger partial charge in [-0.1, -0.05) is 36.3 Å². The summed E-state index contributed by atoms with van der Waals surface area (Å²) in [5.74, 6) is 0.762. The molecule has 0 saturated heterocycles. The van der Waals surface area contributed by atoms with Gasteiger partial charge in [0.25, 0.3) is 0 Å². The van der Waals surface area contributed by atoms with E-state index in [-0.39, 0.29) is 0 Å². The van der Waals surface area contributed by atoms with E-state index >= 15 is 0 Å². The maximum absolute atomic E-state index is 5.53. The van der Waals surface area contributed by atoms with Crippen LogP contribution in [0.4, 0.5) is 0 Å². The van der Waals surface area contributed by atoms with Crippen LogP contribution in [0.25, 0.3) is 0 Å². The first-order valence-corrected chi connectivity index (χ1v) is 6.36. The second kappa shape index (κ2) is 6.70. The maximum atomic E-state index is 5.53. The predicted molar refractivity (Wildman–Crippen MR) is 72.3 cm³/mol. The topological polar surface area (TPSA) is 26.0 Å². The Morgan fingerprint density at radius 1 is 1.38 bits per heavy atom. The smallest absolute Gasteiger partial charge is 0.00773 e. The number of hydrogen-bond donors (Lipinski definition) is 1. The highest BCUT2D eigenvalue weighted by Crippen LogP contribution is 2.28. The number of allylic oxidation sites excluding steroid dienone is 5. The summed E-state index contributed by atoms with van der Waals surface area (Å²) in [6, 6.07) is 0. The molecule has 0 aromatic heterocycles. The van der Waals surface area contributed by atoms with E-state index in [0.717, 1.165) is 25.3 Å². The Kier molecular flexibility index (Phi) is 5.54. The van der Waals surface area contributed by atoms with Crippen LogP contribution < -0.4 is 5.73 Å². The lowest BCUT2D eigenvalue weighted by atomic mass is 9.86. The van der Waals surface area contributed by atoms with Gasteiger partial charge in [0.1, 0.15) is 0 Å². The van der Waals surface area contributed by atoms with Gasteiger partial charge >= 0.3 is 0 Å². The van der Waals surface area contributed by atoms with E-state index < -0.39 is 0 Å². The van der Waals surface area contributed by atoms with Crippen molar-refractivity contribution in [2.75, 3.05) is 6.54 Å². The molecule has 16 heavy (non-hydrogen) atoms. The van der Waals surface area contributed by atoms with Crippen molar-refractivity contribution in [3.8, 4) is 0 Å². The lowest BCUT2D eigenvalue weighted by molar-refractivity contribution is 0.462. The van der Waals surface area contributed by atoms with Crippen LogP contribution in [0.2, 0.25) is 0 Å². The zero-order valence-electron chi connectivity index (χ0n) is 10.8. The fourth-order valence-corrected chi connectivity index (χ4v) is 2.25. The van der Waals surface area contributed by atoms with Crippen LogP contribution in [-0.2, 0) is 0 Å². The molecule has 1 atom stereocenters. The fourth-order valence-electron chi connectivity index (χ4n) is 2.25. The van der Waals surface area contributed by atoms with Gasteiger partial charge in [-0.25, -0.2) is 0 Å². The van der Waals surface area contributed by atoms with Crippen LogP contribution in [0.5, 0.6) is 0 Å². The summed E-state index contributed by atoms with van der Waals surface area (Å²) in [5.41, 5.74) is 9.56. The minimum Gasteiger partial charge on any atom is -0.330 e. The summed E-state index contributed by atoms with van der Waals surface area (Å²) in [4.78, 5) is 0. The molecule has 0 aliphatic heterocycles. The lowest BCUT2D eigenvalue weighted by Crippen LogP contribution is -2.06. The van der Waals surface area contributed by atoms with Gasteiger partial charge in [0.15, 0.2) is 0 Å². The van der Waals surface area contributed by atoms with E-state index in [4.69, 9.17) is 5.73 Å². The van der Waals surface area contributed by atoms with Gasteiger partial charge in [0.2, 0.25) is 0 Å². The van der Waals surface area contributed by atoms with Crippen molar-refractivity contribution < 1.29 is 0 Å². The summed E-state index contributed by atoms with van der Waals surface area (Å²) in [6.45, 7) is 9.36. The number of rotatable bonds is 4. The molecule has 1 unspecified atom stereocenters. The molecule has 0 aromatic rings. The average Bonchev–Trinajstić information content (AvgIpc) is 2.24. The average molecular weight is 219 g/mol. The van der Waals surface area contributed by atoms with Gasteiger partial charge in [-0.2, -0.15) is 0 Å². The molecule has 1 rings (SSSR count). The Labute approximate surface area is 100 Å². The van der Waals surface area contributed by atoms with Crippen molar-refractivity contribution in [1.29, 1.82) is 0 Å². The Morgan fingerprint density at radius 2 is 2.12 bits per heavy atom. The highest BCUT2D eigenvalue weighted by atomic mass is 14.5. The molecule has 0 heterocycles. The zero-order chi connectivity index (χ0) is 12.0. The van der Waals surface area contributed by atoms with Crippen LogP contribution >= 0.6 is 0 Å². The molecule has 2 N–H and O–H groups in total. The second-order valence-electron chi connectivity index (χ2n) is 4.97. The van der Waals surface area contributed by atoms with Gasteiger partial charge in [0, 0.05) is 0 Å². The standard InChI is InChI=1S/C15H25N/c1-12-7-8-15(6-4-5-9-16)11-14(3)13(2)10-12/h7,10,15H,3-6,8-9,11,16H2,1-2H3/b12-7-,13-10?. The molecule has 0 radical (unpaired) electrons. The first-order chi connectivity index (χ1) is 7.63. The molecule has 0 aromatic carbocycles. The molecular weight excluding hydrogens is 194 g/mol. The Bertz CT molecular complexity index is 297. The summed E-state index contributed by atoms with van der Waals surface area (Å²) in [5, 5.41) is 0. The number of nitrogens with two attached hydrogens (primary N) is 1. The normalized spacial score (nSPS) is 25.4. The number of unbranched alkanes of at least 4 members (excludes halogenated alkanes) is 1. The summed E-state index contributed by atoms with van der Waals surface area (Å²) < 4.78 is 0. The van der Waals surface area contributed by atoms with Gasteiger partial charge < -0.3 is 5.73 Å². The van der Waals surface area contributed by atoms with E-state index in [2.05, 4.69) is 32.6 Å². The Balaban J connectivity index is 2.56. The van der Waals surface area contributed by atoms with Gasteiger partial charge in [-0.15, -0.1) is 0 Å². The van der Waals surface area contributed by atoms with Crippen molar-refractivity contribution >= 4 is 0 Å². The molecule has 90 valence electrons. The van der Waals surface area contributed by atoms with Crippen LogP contribution in [0.3, 0.4) is 0 Å². The summed E-state index contributed by atoms with van der Waals surface area (Å²) in [7, 11) is 0. The molecule has 0 spiro atoms. The SMILES string of the molecule is C=C1CC(CCCCN)C/C=C(/C)C=C1C. The maximum Gasteiger partial charge on any atom is -0.00773 e. The predicted octanol–water partition coefficient (Wildman–Crippen LogP) is 3.97. The van der Waals surface area contributed by atoms with E-state index in [1.807, 2.05) is 0 Å². The monoisotopic (exact) mass is 219 g/mol. The quantitative estimate of drug-likeness (QED) is 0.711. The van der Waals surface area contributed by atoms with Crippen molar-refractivity contribution in [2.45, 2.75) is 46.0 Å². The van der Waals surface area contributed by atoms with Crippen molar-refractivity contribution in [2.24, 2.45) is 11.7 Å². The number of hydrogen-bond acceptors (Lipinski definition) is 1. The molecule has 1 aliphatic carbocycles. The van der Waals surface area contributed by atoms with Crippen LogP contribution in [0.15, 0.2) is 35.5 Å². The molecule has 0 amide bonds. The third kappa shape index (κ3) is 4.36. The first kappa shape index (κ1) is 13.2. The van der Waals surface area contributed by atoms with Crippen LogP contribution in [0, 0.1) is 5.92 Å². The van der Waals surface area contributed by atoms with E-state index in [9.17, 15) is 0 Å². The zero-order valence-corrected chi connectivity index (χ0v) is 10.8. The van der Waals surface area contributed by atoms with E-state index in [1.54, 1.807) is 0 Å². The van der Waals surface area contributed by atoms with Crippen molar-refractivity contribution in [3.05, 3.63) is 35.5 Å². The summed E-state index contributed by atoms with van der Waals surface area (Å²) in [6.07, 6.45) is 10.6. The minimum absolute atomic E-state index is 0.762. The van der Waals surface area contributed by atoms with Gasteiger partial charge in [0.05, 0.1) is 0 Å². The van der Waals surface area contributed by atoms with Crippen molar-refractivity contribution in [3.63, 3.8) is 0 Å². The largest absolute Gasteiger partial charge is 0.330 e. The molecule has 0 fully saturated rings. The Hall–Kier alpha value is -0.820. The highest BCUT2D eigenvalue weighted by molar-refractivity contribution is 5.34.